The van der Waals surface area contributed by atoms with Crippen LogP contribution in [0.4, 0.5) is 0 Å². The molecule has 1 fully saturated rings. The second-order valence-electron chi connectivity index (χ2n) is 8.38. The minimum Gasteiger partial charge on any atom is -0.460 e. The summed E-state index contributed by atoms with van der Waals surface area (Å²) in [6, 6.07) is 10.4. The summed E-state index contributed by atoms with van der Waals surface area (Å²) < 4.78 is 11.8. The Balaban J connectivity index is 1.94. The molecule has 0 saturated heterocycles. The molecule has 1 aromatic carbocycles. The highest BCUT2D eigenvalue weighted by atomic mass is 28.4. The number of benzene rings is 1. The molecule has 1 aliphatic carbocycles. The zero-order valence-corrected chi connectivity index (χ0v) is 16.8. The third kappa shape index (κ3) is 4.93. The van der Waals surface area contributed by atoms with Crippen LogP contribution in [0.15, 0.2) is 30.3 Å². The number of carbonyl (C=O) groups is 1. The largest absolute Gasteiger partial charge is 0.460 e. The molecule has 0 N–H and O–H groups in total. The molecule has 134 valence electrons. The van der Waals surface area contributed by atoms with Crippen molar-refractivity contribution < 1.29 is 14.0 Å². The summed E-state index contributed by atoms with van der Waals surface area (Å²) in [7, 11) is -1.92. The molecular formula is C20H32O3Si. The van der Waals surface area contributed by atoms with Crippen molar-refractivity contribution in [3.63, 3.8) is 0 Å². The van der Waals surface area contributed by atoms with Gasteiger partial charge in [-0.2, -0.15) is 0 Å². The van der Waals surface area contributed by atoms with Gasteiger partial charge in [-0.3, -0.25) is 0 Å². The lowest BCUT2D eigenvalue weighted by Gasteiger charge is -2.36. The zero-order valence-electron chi connectivity index (χ0n) is 15.8. The standard InChI is InChI=1S/C20H32O3Si/c1-20(2,3)24(4,5)22-15-19(21)23-18-14-10-9-13-17(18)16-11-7-6-8-12-16/h6-8,11-12,17-18H,9-10,13-15H2,1-5H3/t17-,18+/m1/s1. The van der Waals surface area contributed by atoms with Gasteiger partial charge >= 0.3 is 5.97 Å². The summed E-state index contributed by atoms with van der Waals surface area (Å²) >= 11 is 0. The molecule has 3 nitrogen and oxygen atoms in total. The Hall–Kier alpha value is -1.13. The topological polar surface area (TPSA) is 35.5 Å². The van der Waals surface area contributed by atoms with Crippen molar-refractivity contribution in [2.24, 2.45) is 0 Å². The van der Waals surface area contributed by atoms with Gasteiger partial charge in [0.1, 0.15) is 12.7 Å². The van der Waals surface area contributed by atoms with Crippen molar-refractivity contribution in [1.29, 1.82) is 0 Å². The third-order valence-electron chi connectivity index (χ3n) is 5.57. The molecular weight excluding hydrogens is 316 g/mol. The van der Waals surface area contributed by atoms with Crippen LogP contribution < -0.4 is 0 Å². The van der Waals surface area contributed by atoms with Crippen LogP contribution in [-0.2, 0) is 14.0 Å². The summed E-state index contributed by atoms with van der Waals surface area (Å²) in [6.07, 6.45) is 4.35. The van der Waals surface area contributed by atoms with Gasteiger partial charge in [-0.15, -0.1) is 0 Å². The number of ether oxygens (including phenoxy) is 1. The molecule has 0 amide bonds. The molecule has 0 heterocycles. The van der Waals surface area contributed by atoms with Crippen LogP contribution in [-0.4, -0.2) is 27.0 Å². The Bertz CT molecular complexity index is 534. The van der Waals surface area contributed by atoms with Crippen molar-refractivity contribution in [1.82, 2.24) is 0 Å². The van der Waals surface area contributed by atoms with E-state index in [1.165, 1.54) is 12.0 Å². The van der Waals surface area contributed by atoms with Crippen LogP contribution in [0, 0.1) is 0 Å². The maximum Gasteiger partial charge on any atom is 0.331 e. The maximum absolute atomic E-state index is 12.3. The van der Waals surface area contributed by atoms with E-state index in [0.717, 1.165) is 19.3 Å². The molecule has 0 spiro atoms. The molecule has 1 saturated carbocycles. The molecule has 24 heavy (non-hydrogen) atoms. The van der Waals surface area contributed by atoms with Gasteiger partial charge < -0.3 is 9.16 Å². The van der Waals surface area contributed by atoms with E-state index in [0.29, 0.717) is 5.92 Å². The first-order valence-corrected chi connectivity index (χ1v) is 12.0. The fraction of sp³-hybridized carbons (Fsp3) is 0.650. The van der Waals surface area contributed by atoms with Crippen LogP contribution in [0.25, 0.3) is 0 Å². The van der Waals surface area contributed by atoms with Gasteiger partial charge in [0.25, 0.3) is 0 Å². The molecule has 0 unspecified atom stereocenters. The number of esters is 1. The van der Waals surface area contributed by atoms with Crippen LogP contribution in [0.2, 0.25) is 18.1 Å². The Morgan fingerprint density at radius 3 is 2.38 bits per heavy atom. The second-order valence-corrected chi connectivity index (χ2v) is 13.2. The van der Waals surface area contributed by atoms with Crippen molar-refractivity contribution >= 4 is 14.3 Å². The van der Waals surface area contributed by atoms with Crippen molar-refractivity contribution in [2.75, 3.05) is 6.61 Å². The highest BCUT2D eigenvalue weighted by Gasteiger charge is 2.38. The summed E-state index contributed by atoms with van der Waals surface area (Å²) in [5, 5.41) is 0.102. The Morgan fingerprint density at radius 2 is 1.75 bits per heavy atom. The lowest BCUT2D eigenvalue weighted by Crippen LogP contribution is -2.42. The summed E-state index contributed by atoms with van der Waals surface area (Å²) in [4.78, 5) is 12.3. The van der Waals surface area contributed by atoms with Gasteiger partial charge in [0.2, 0.25) is 0 Å². The third-order valence-corrected chi connectivity index (χ3v) is 10.0. The highest BCUT2D eigenvalue weighted by molar-refractivity contribution is 6.74. The van der Waals surface area contributed by atoms with E-state index in [4.69, 9.17) is 9.16 Å². The molecule has 0 aliphatic heterocycles. The molecule has 4 heteroatoms. The fourth-order valence-corrected chi connectivity index (χ4v) is 3.89. The summed E-state index contributed by atoms with van der Waals surface area (Å²) in [6.45, 7) is 10.9. The minimum absolute atomic E-state index is 0.0170. The molecule has 2 atom stereocenters. The van der Waals surface area contributed by atoms with E-state index in [1.54, 1.807) is 0 Å². The van der Waals surface area contributed by atoms with Gasteiger partial charge in [0, 0.05) is 5.92 Å². The first-order chi connectivity index (χ1) is 11.2. The predicted molar refractivity (Wildman–Crippen MR) is 101 cm³/mol. The quantitative estimate of drug-likeness (QED) is 0.536. The Kier molecular flexibility index (Phi) is 6.26. The molecule has 1 aliphatic rings. The van der Waals surface area contributed by atoms with Crippen molar-refractivity contribution in [2.45, 2.75) is 76.6 Å². The van der Waals surface area contributed by atoms with Gasteiger partial charge in [0.05, 0.1) is 0 Å². The van der Waals surface area contributed by atoms with Crippen molar-refractivity contribution in [3.8, 4) is 0 Å². The van der Waals surface area contributed by atoms with E-state index in [9.17, 15) is 4.79 Å². The van der Waals surface area contributed by atoms with Crippen LogP contribution in [0.3, 0.4) is 0 Å². The smallest absolute Gasteiger partial charge is 0.331 e. The highest BCUT2D eigenvalue weighted by Crippen LogP contribution is 2.37. The number of carbonyl (C=O) groups excluding carboxylic acids is 1. The zero-order chi connectivity index (χ0) is 17.8. The number of hydrogen-bond donors (Lipinski definition) is 0. The lowest BCUT2D eigenvalue weighted by molar-refractivity contribution is -0.154. The molecule has 0 radical (unpaired) electrons. The second kappa shape index (κ2) is 7.83. The Morgan fingerprint density at radius 1 is 1.12 bits per heavy atom. The maximum atomic E-state index is 12.3. The normalized spacial score (nSPS) is 22.2. The summed E-state index contributed by atoms with van der Waals surface area (Å²) in [5.74, 6) is 0.101. The monoisotopic (exact) mass is 348 g/mol. The van der Waals surface area contributed by atoms with Gasteiger partial charge in [-0.25, -0.2) is 4.79 Å². The fourth-order valence-electron chi connectivity index (χ4n) is 2.98. The van der Waals surface area contributed by atoms with Gasteiger partial charge in [-0.1, -0.05) is 57.5 Å². The predicted octanol–water partition coefficient (Wildman–Crippen LogP) is 5.28. The molecule has 0 aromatic heterocycles. The Labute approximate surface area is 147 Å². The molecule has 2 rings (SSSR count). The van der Waals surface area contributed by atoms with E-state index < -0.39 is 8.32 Å². The van der Waals surface area contributed by atoms with Crippen LogP contribution >= 0.6 is 0 Å². The first kappa shape index (κ1) is 19.2. The molecule has 1 aromatic rings. The SMILES string of the molecule is CC(C)(C)[Si](C)(C)OCC(=O)O[C@H]1CCCC[C@@H]1c1ccccc1. The van der Waals surface area contributed by atoms with E-state index in [-0.39, 0.29) is 23.7 Å². The minimum atomic E-state index is -1.92. The van der Waals surface area contributed by atoms with E-state index in [2.05, 4.69) is 58.1 Å². The number of hydrogen-bond acceptors (Lipinski definition) is 3. The van der Waals surface area contributed by atoms with Crippen molar-refractivity contribution in [3.05, 3.63) is 35.9 Å². The van der Waals surface area contributed by atoms with Crippen LogP contribution in [0.5, 0.6) is 0 Å². The average molecular weight is 349 g/mol. The lowest BCUT2D eigenvalue weighted by atomic mass is 9.81. The average Bonchev–Trinajstić information content (AvgIpc) is 2.53. The molecule has 0 bridgehead atoms. The van der Waals surface area contributed by atoms with Crippen LogP contribution in [0.1, 0.15) is 57.9 Å². The van der Waals surface area contributed by atoms with E-state index in [1.807, 2.05) is 6.07 Å². The van der Waals surface area contributed by atoms with E-state index >= 15 is 0 Å². The van der Waals surface area contributed by atoms with Gasteiger partial charge in [0.15, 0.2) is 8.32 Å². The first-order valence-electron chi connectivity index (χ1n) is 9.09. The summed E-state index contributed by atoms with van der Waals surface area (Å²) in [5.41, 5.74) is 1.28. The number of rotatable bonds is 5. The van der Waals surface area contributed by atoms with Gasteiger partial charge in [-0.05, 0) is 43.0 Å².